The molecule has 1 aromatic carbocycles. The van der Waals surface area contributed by atoms with Crippen LogP contribution in [0.3, 0.4) is 0 Å². The Bertz CT molecular complexity index is 576. The third kappa shape index (κ3) is 2.65. The Hall–Kier alpha value is -1.52. The summed E-state index contributed by atoms with van der Waals surface area (Å²) in [4.78, 5) is 15.0. The Balaban J connectivity index is 2.72. The van der Waals surface area contributed by atoms with Crippen LogP contribution in [0.5, 0.6) is 17.2 Å². The maximum Gasteiger partial charge on any atom is 0.235 e. The van der Waals surface area contributed by atoms with Gasteiger partial charge in [-0.15, -0.1) is 0 Å². The molecule has 1 aliphatic carbocycles. The summed E-state index contributed by atoms with van der Waals surface area (Å²) >= 11 is 3.50. The molecule has 0 saturated heterocycles. The Kier molecular flexibility index (Phi) is 4.91. The van der Waals surface area contributed by atoms with Gasteiger partial charge >= 0.3 is 0 Å². The summed E-state index contributed by atoms with van der Waals surface area (Å²) in [6, 6.07) is 1.84. The van der Waals surface area contributed by atoms with E-state index in [-0.39, 0.29) is 0 Å². The van der Waals surface area contributed by atoms with Crippen molar-refractivity contribution in [3.05, 3.63) is 16.1 Å². The van der Waals surface area contributed by atoms with Crippen molar-refractivity contribution in [2.24, 2.45) is 4.99 Å². The van der Waals surface area contributed by atoms with E-state index >= 15 is 0 Å². The molecular formula is C15H18BrNO4. The zero-order valence-electron chi connectivity index (χ0n) is 12.4. The van der Waals surface area contributed by atoms with Crippen molar-refractivity contribution < 1.29 is 19.0 Å². The fraction of sp³-hybridized carbons (Fsp3) is 0.533. The minimum atomic E-state index is -0.588. The SMILES string of the molecule is COc1cc(C2(N=C=O)CCCC2)c(OC)c(Br)c1OC. The summed E-state index contributed by atoms with van der Waals surface area (Å²) in [5.41, 5.74) is 0.241. The molecule has 0 heterocycles. The van der Waals surface area contributed by atoms with Gasteiger partial charge in [0.05, 0.1) is 21.3 Å². The maximum atomic E-state index is 10.9. The van der Waals surface area contributed by atoms with E-state index in [1.54, 1.807) is 27.4 Å². The Morgan fingerprint density at radius 3 is 2.24 bits per heavy atom. The van der Waals surface area contributed by atoms with E-state index < -0.39 is 5.54 Å². The number of aliphatic imine (C=N–C) groups is 1. The molecule has 0 aromatic heterocycles. The molecule has 0 amide bonds. The first kappa shape index (κ1) is 15.9. The molecule has 21 heavy (non-hydrogen) atoms. The summed E-state index contributed by atoms with van der Waals surface area (Å²) < 4.78 is 16.9. The maximum absolute atomic E-state index is 10.9. The number of carbonyl (C=O) groups excluding carboxylic acids is 1. The predicted molar refractivity (Wildman–Crippen MR) is 82.1 cm³/mol. The van der Waals surface area contributed by atoms with Crippen LogP contribution in [0.1, 0.15) is 31.2 Å². The largest absolute Gasteiger partial charge is 0.495 e. The second-order valence-corrected chi connectivity index (χ2v) is 5.74. The van der Waals surface area contributed by atoms with Gasteiger partial charge in [-0.3, -0.25) is 0 Å². The van der Waals surface area contributed by atoms with Crippen LogP contribution in [0, 0.1) is 0 Å². The van der Waals surface area contributed by atoms with Crippen LogP contribution in [0.15, 0.2) is 15.5 Å². The molecule has 1 aromatic rings. The van der Waals surface area contributed by atoms with Crippen LogP contribution in [0.25, 0.3) is 0 Å². The summed E-state index contributed by atoms with van der Waals surface area (Å²) in [5.74, 6) is 1.75. The van der Waals surface area contributed by atoms with Gasteiger partial charge in [-0.2, -0.15) is 4.99 Å². The van der Waals surface area contributed by atoms with Crippen molar-refractivity contribution in [2.75, 3.05) is 21.3 Å². The lowest BCUT2D eigenvalue weighted by atomic mass is 9.87. The number of isocyanates is 1. The molecule has 0 radical (unpaired) electrons. The van der Waals surface area contributed by atoms with Gasteiger partial charge in [-0.25, -0.2) is 4.79 Å². The molecule has 0 spiro atoms. The van der Waals surface area contributed by atoms with Crippen LogP contribution in [-0.4, -0.2) is 27.4 Å². The highest BCUT2D eigenvalue weighted by Crippen LogP contribution is 2.52. The lowest BCUT2D eigenvalue weighted by molar-refractivity contribution is 0.336. The van der Waals surface area contributed by atoms with Gasteiger partial charge in [-0.05, 0) is 34.8 Å². The number of benzene rings is 1. The number of halogens is 1. The second-order valence-electron chi connectivity index (χ2n) is 4.95. The van der Waals surface area contributed by atoms with Gasteiger partial charge in [0.1, 0.15) is 15.8 Å². The zero-order chi connectivity index (χ0) is 15.5. The molecule has 1 saturated carbocycles. The number of hydrogen-bond donors (Lipinski definition) is 0. The average Bonchev–Trinajstić information content (AvgIpc) is 2.96. The Morgan fingerprint density at radius 1 is 1.14 bits per heavy atom. The van der Waals surface area contributed by atoms with E-state index in [1.165, 1.54) is 0 Å². The number of methoxy groups -OCH3 is 3. The quantitative estimate of drug-likeness (QED) is 0.598. The first-order chi connectivity index (χ1) is 10.1. The summed E-state index contributed by atoms with van der Waals surface area (Å²) in [7, 11) is 4.73. The van der Waals surface area contributed by atoms with Crippen LogP contribution in [0.2, 0.25) is 0 Å². The molecule has 0 aliphatic heterocycles. The molecular weight excluding hydrogens is 338 g/mol. The van der Waals surface area contributed by atoms with E-state index in [2.05, 4.69) is 20.9 Å². The van der Waals surface area contributed by atoms with Gasteiger partial charge in [0, 0.05) is 5.56 Å². The average molecular weight is 356 g/mol. The second kappa shape index (κ2) is 6.50. The minimum absolute atomic E-state index is 0.557. The summed E-state index contributed by atoms with van der Waals surface area (Å²) in [5, 5.41) is 0. The lowest BCUT2D eigenvalue weighted by Gasteiger charge is -2.27. The van der Waals surface area contributed by atoms with Gasteiger partial charge in [0.2, 0.25) is 6.08 Å². The Labute approximate surface area is 132 Å². The van der Waals surface area contributed by atoms with Crippen LogP contribution in [-0.2, 0) is 10.3 Å². The van der Waals surface area contributed by atoms with Gasteiger partial charge < -0.3 is 14.2 Å². The minimum Gasteiger partial charge on any atom is -0.495 e. The van der Waals surface area contributed by atoms with E-state index in [0.717, 1.165) is 31.2 Å². The molecule has 2 rings (SSSR count). The summed E-state index contributed by atoms with van der Waals surface area (Å²) in [6.07, 6.45) is 5.33. The Morgan fingerprint density at radius 2 is 1.76 bits per heavy atom. The van der Waals surface area contributed by atoms with Gasteiger partial charge in [0.15, 0.2) is 11.5 Å². The number of ether oxygens (including phenoxy) is 3. The van der Waals surface area contributed by atoms with Crippen LogP contribution in [0.4, 0.5) is 0 Å². The highest BCUT2D eigenvalue weighted by Gasteiger charge is 2.40. The lowest BCUT2D eigenvalue weighted by Crippen LogP contribution is -2.20. The molecule has 6 heteroatoms. The van der Waals surface area contributed by atoms with Crippen molar-refractivity contribution >= 4 is 22.0 Å². The first-order valence-corrected chi connectivity index (χ1v) is 7.50. The van der Waals surface area contributed by atoms with E-state index in [4.69, 9.17) is 14.2 Å². The third-order valence-electron chi connectivity index (χ3n) is 3.96. The molecule has 0 atom stereocenters. The topological polar surface area (TPSA) is 57.1 Å². The number of nitrogens with zero attached hydrogens (tertiary/aromatic N) is 1. The molecule has 0 unspecified atom stereocenters. The third-order valence-corrected chi connectivity index (χ3v) is 4.68. The van der Waals surface area contributed by atoms with Crippen molar-refractivity contribution in [1.29, 1.82) is 0 Å². The van der Waals surface area contributed by atoms with Crippen LogP contribution >= 0.6 is 15.9 Å². The fourth-order valence-corrected chi connectivity index (χ4v) is 3.70. The highest BCUT2D eigenvalue weighted by molar-refractivity contribution is 9.10. The van der Waals surface area contributed by atoms with Crippen LogP contribution < -0.4 is 14.2 Å². The monoisotopic (exact) mass is 355 g/mol. The molecule has 5 nitrogen and oxygen atoms in total. The van der Waals surface area contributed by atoms with Crippen molar-refractivity contribution in [3.8, 4) is 17.2 Å². The van der Waals surface area contributed by atoms with E-state index in [9.17, 15) is 4.79 Å². The molecule has 0 bridgehead atoms. The number of rotatable bonds is 5. The highest BCUT2D eigenvalue weighted by atomic mass is 79.9. The van der Waals surface area contributed by atoms with Crippen molar-refractivity contribution in [3.63, 3.8) is 0 Å². The smallest absolute Gasteiger partial charge is 0.235 e. The molecule has 1 fully saturated rings. The zero-order valence-corrected chi connectivity index (χ0v) is 13.9. The van der Waals surface area contributed by atoms with Gasteiger partial charge in [0.25, 0.3) is 0 Å². The first-order valence-electron chi connectivity index (χ1n) is 6.71. The molecule has 0 N–H and O–H groups in total. The standard InChI is InChI=1S/C15H18BrNO4/c1-19-11-8-10(13(20-2)12(16)14(11)21-3)15(17-9-18)6-4-5-7-15/h8H,4-7H2,1-3H3. The predicted octanol–water partition coefficient (Wildman–Crippen LogP) is 3.58. The van der Waals surface area contributed by atoms with E-state index in [1.807, 2.05) is 6.07 Å². The van der Waals surface area contributed by atoms with Gasteiger partial charge in [-0.1, -0.05) is 12.8 Å². The van der Waals surface area contributed by atoms with Crippen molar-refractivity contribution in [2.45, 2.75) is 31.2 Å². The fourth-order valence-electron chi connectivity index (χ4n) is 2.97. The molecule has 114 valence electrons. The normalized spacial score (nSPS) is 16.2. The van der Waals surface area contributed by atoms with E-state index in [0.29, 0.717) is 21.7 Å². The molecule has 1 aliphatic rings. The van der Waals surface area contributed by atoms with Crippen molar-refractivity contribution in [1.82, 2.24) is 0 Å². The summed E-state index contributed by atoms with van der Waals surface area (Å²) in [6.45, 7) is 0. The number of hydrogen-bond acceptors (Lipinski definition) is 5.